The summed E-state index contributed by atoms with van der Waals surface area (Å²) < 4.78 is 24.9. The molecule has 0 heterocycles. The summed E-state index contributed by atoms with van der Waals surface area (Å²) in [5, 5.41) is 3.05. The van der Waals surface area contributed by atoms with Crippen molar-refractivity contribution in [2.24, 2.45) is 0 Å². The molecule has 0 radical (unpaired) electrons. The summed E-state index contributed by atoms with van der Waals surface area (Å²) in [6, 6.07) is 15.2. The van der Waals surface area contributed by atoms with Crippen molar-refractivity contribution >= 4 is 38.9 Å². The van der Waals surface area contributed by atoms with E-state index in [0.29, 0.717) is 16.4 Å². The molecule has 0 bridgehead atoms. The lowest BCUT2D eigenvalue weighted by molar-refractivity contribution is -0.114. The third kappa shape index (κ3) is 4.47. The fraction of sp³-hybridized carbons (Fsp3) is 0.133. The van der Waals surface area contributed by atoms with Gasteiger partial charge in [-0.15, -0.1) is 0 Å². The molecule has 0 aromatic heterocycles. The van der Waals surface area contributed by atoms with Crippen molar-refractivity contribution in [1.29, 1.82) is 0 Å². The number of amides is 1. The molecule has 0 spiro atoms. The molecular weight excluding hydrogens is 324 g/mol. The largest absolute Gasteiger partial charge is 0.325 e. The average Bonchev–Trinajstić information content (AvgIpc) is 2.44. The fourth-order valence-corrected chi connectivity index (χ4v) is 2.92. The number of sulfonamides is 1. The van der Waals surface area contributed by atoms with Crippen LogP contribution in [0.1, 0.15) is 0 Å². The number of hydrogen-bond acceptors (Lipinski definition) is 3. The third-order valence-electron chi connectivity index (χ3n) is 2.84. The van der Waals surface area contributed by atoms with E-state index in [0.717, 1.165) is 10.6 Å². The molecule has 2 rings (SSSR count). The van der Waals surface area contributed by atoms with Gasteiger partial charge in [0.25, 0.3) is 0 Å². The quantitative estimate of drug-likeness (QED) is 0.911. The molecule has 0 aliphatic rings. The molecular formula is C15H15ClN2O3S. The Bertz CT molecular complexity index is 763. The van der Waals surface area contributed by atoms with Gasteiger partial charge in [-0.25, -0.2) is 8.42 Å². The first kappa shape index (κ1) is 16.3. The third-order valence-corrected chi connectivity index (χ3v) is 4.22. The number of nitrogens with one attached hydrogen (secondary N) is 1. The molecule has 0 aliphatic heterocycles. The van der Waals surface area contributed by atoms with Gasteiger partial charge >= 0.3 is 0 Å². The van der Waals surface area contributed by atoms with E-state index < -0.39 is 15.9 Å². The molecule has 0 saturated carbocycles. The summed E-state index contributed by atoms with van der Waals surface area (Å²) in [6.07, 6.45) is 1.05. The van der Waals surface area contributed by atoms with Gasteiger partial charge in [-0.05, 0) is 30.3 Å². The minimum absolute atomic E-state index is 0.325. The normalized spacial score (nSPS) is 11.0. The van der Waals surface area contributed by atoms with Crippen LogP contribution in [-0.2, 0) is 14.8 Å². The highest BCUT2D eigenvalue weighted by molar-refractivity contribution is 7.92. The Morgan fingerprint density at radius 3 is 2.41 bits per heavy atom. The van der Waals surface area contributed by atoms with Crippen molar-refractivity contribution in [3.8, 4) is 0 Å². The van der Waals surface area contributed by atoms with Crippen LogP contribution in [0, 0.1) is 0 Å². The summed E-state index contributed by atoms with van der Waals surface area (Å²) in [5.41, 5.74) is 0.949. The van der Waals surface area contributed by atoms with Gasteiger partial charge in [-0.1, -0.05) is 35.9 Å². The van der Waals surface area contributed by atoms with Crippen LogP contribution in [0.2, 0.25) is 5.02 Å². The van der Waals surface area contributed by atoms with Crippen molar-refractivity contribution in [3.05, 3.63) is 59.6 Å². The van der Waals surface area contributed by atoms with Crippen LogP contribution in [-0.4, -0.2) is 27.1 Å². The zero-order valence-electron chi connectivity index (χ0n) is 11.9. The van der Waals surface area contributed by atoms with E-state index in [1.54, 1.807) is 42.5 Å². The predicted molar refractivity (Wildman–Crippen MR) is 88.7 cm³/mol. The average molecular weight is 339 g/mol. The van der Waals surface area contributed by atoms with Crippen molar-refractivity contribution < 1.29 is 13.2 Å². The number of anilines is 2. The van der Waals surface area contributed by atoms with E-state index in [-0.39, 0.29) is 6.54 Å². The molecule has 0 saturated heterocycles. The molecule has 0 unspecified atom stereocenters. The molecule has 116 valence electrons. The first-order valence-electron chi connectivity index (χ1n) is 6.44. The number of rotatable bonds is 5. The lowest BCUT2D eigenvalue weighted by atomic mass is 10.3. The maximum Gasteiger partial charge on any atom is 0.245 e. The highest BCUT2D eigenvalue weighted by Gasteiger charge is 2.21. The van der Waals surface area contributed by atoms with Crippen molar-refractivity contribution in [1.82, 2.24) is 0 Å². The molecule has 1 N–H and O–H groups in total. The van der Waals surface area contributed by atoms with Gasteiger partial charge in [-0.3, -0.25) is 9.10 Å². The van der Waals surface area contributed by atoms with E-state index in [9.17, 15) is 13.2 Å². The molecule has 1 amide bonds. The van der Waals surface area contributed by atoms with E-state index >= 15 is 0 Å². The van der Waals surface area contributed by atoms with Gasteiger partial charge in [0.2, 0.25) is 15.9 Å². The zero-order chi connectivity index (χ0) is 16.2. The number of carbonyl (C=O) groups is 1. The number of nitrogens with zero attached hydrogens (tertiary/aromatic N) is 1. The van der Waals surface area contributed by atoms with Gasteiger partial charge in [0, 0.05) is 10.7 Å². The van der Waals surface area contributed by atoms with Gasteiger partial charge in [-0.2, -0.15) is 0 Å². The number of hydrogen-bond donors (Lipinski definition) is 1. The SMILES string of the molecule is CS(=O)(=O)N(CC(=O)Nc1ccccc1)c1cccc(Cl)c1. The standard InChI is InChI=1S/C15H15ClN2O3S/c1-22(20,21)18(14-9-5-6-12(16)10-14)11-15(19)17-13-7-3-2-4-8-13/h2-10H,11H2,1H3,(H,17,19). The highest BCUT2D eigenvalue weighted by Crippen LogP contribution is 2.21. The highest BCUT2D eigenvalue weighted by atomic mass is 35.5. The lowest BCUT2D eigenvalue weighted by Crippen LogP contribution is -2.37. The molecule has 0 atom stereocenters. The first-order valence-corrected chi connectivity index (χ1v) is 8.67. The number of para-hydroxylation sites is 1. The molecule has 7 heteroatoms. The van der Waals surface area contributed by atoms with Gasteiger partial charge in [0.1, 0.15) is 6.54 Å². The Morgan fingerprint density at radius 2 is 1.82 bits per heavy atom. The zero-order valence-corrected chi connectivity index (χ0v) is 13.4. The van der Waals surface area contributed by atoms with Crippen molar-refractivity contribution in [2.45, 2.75) is 0 Å². The van der Waals surface area contributed by atoms with E-state index in [1.807, 2.05) is 6.07 Å². The van der Waals surface area contributed by atoms with Crippen LogP contribution in [0.15, 0.2) is 54.6 Å². The summed E-state index contributed by atoms with van der Waals surface area (Å²) >= 11 is 5.88. The van der Waals surface area contributed by atoms with Crippen LogP contribution >= 0.6 is 11.6 Å². The maximum absolute atomic E-state index is 12.1. The van der Waals surface area contributed by atoms with Crippen LogP contribution in [0.3, 0.4) is 0 Å². The van der Waals surface area contributed by atoms with Gasteiger partial charge in [0.05, 0.1) is 11.9 Å². The van der Waals surface area contributed by atoms with Crippen LogP contribution in [0.4, 0.5) is 11.4 Å². The maximum atomic E-state index is 12.1. The topological polar surface area (TPSA) is 66.5 Å². The minimum Gasteiger partial charge on any atom is -0.325 e. The van der Waals surface area contributed by atoms with E-state index in [1.165, 1.54) is 6.07 Å². The number of halogens is 1. The summed E-state index contributed by atoms with van der Waals surface area (Å²) in [5.74, 6) is -0.434. The van der Waals surface area contributed by atoms with Crippen molar-refractivity contribution in [2.75, 3.05) is 22.4 Å². The lowest BCUT2D eigenvalue weighted by Gasteiger charge is -2.22. The fourth-order valence-electron chi connectivity index (χ4n) is 1.88. The second-order valence-electron chi connectivity index (χ2n) is 4.66. The Balaban J connectivity index is 2.19. The summed E-state index contributed by atoms with van der Waals surface area (Å²) in [4.78, 5) is 12.1. The molecule has 5 nitrogen and oxygen atoms in total. The predicted octanol–water partition coefficient (Wildman–Crippen LogP) is 2.74. The Morgan fingerprint density at radius 1 is 1.14 bits per heavy atom. The van der Waals surface area contributed by atoms with E-state index in [4.69, 9.17) is 11.6 Å². The number of benzene rings is 2. The second-order valence-corrected chi connectivity index (χ2v) is 7.01. The Kier molecular flexibility index (Phi) is 5.05. The van der Waals surface area contributed by atoms with Crippen LogP contribution < -0.4 is 9.62 Å². The van der Waals surface area contributed by atoms with Crippen molar-refractivity contribution in [3.63, 3.8) is 0 Å². The van der Waals surface area contributed by atoms with Gasteiger partial charge in [0.15, 0.2) is 0 Å². The van der Waals surface area contributed by atoms with E-state index in [2.05, 4.69) is 5.32 Å². The number of carbonyl (C=O) groups excluding carboxylic acids is 1. The Hall–Kier alpha value is -2.05. The second kappa shape index (κ2) is 6.81. The molecule has 2 aromatic rings. The summed E-state index contributed by atoms with van der Waals surface area (Å²) in [6.45, 7) is -0.325. The van der Waals surface area contributed by atoms with Gasteiger partial charge < -0.3 is 5.32 Å². The summed E-state index contributed by atoms with van der Waals surface area (Å²) in [7, 11) is -3.61. The van der Waals surface area contributed by atoms with Crippen LogP contribution in [0.25, 0.3) is 0 Å². The first-order chi connectivity index (χ1) is 10.4. The molecule has 22 heavy (non-hydrogen) atoms. The molecule has 2 aromatic carbocycles. The molecule has 0 aliphatic carbocycles. The smallest absolute Gasteiger partial charge is 0.245 e. The Labute approximate surface area is 134 Å². The van der Waals surface area contributed by atoms with Crippen LogP contribution in [0.5, 0.6) is 0 Å². The monoisotopic (exact) mass is 338 g/mol. The minimum atomic E-state index is -3.61. The molecule has 0 fully saturated rings.